The number of halogens is 1. The molecule has 1 aromatic rings. The molecule has 0 aromatic heterocycles. The third-order valence-electron chi connectivity index (χ3n) is 4.49. The van der Waals surface area contributed by atoms with Crippen molar-refractivity contribution in [2.24, 2.45) is 0 Å². The SMILES string of the molecule is O=C1NC2(CCCCC2)C(=O)N1NC(=S)Nc1cc([N+](=O)[O-])ccc1Cl. The highest BCUT2D eigenvalue weighted by atomic mass is 35.5. The molecule has 1 aromatic carbocycles. The van der Waals surface area contributed by atoms with Crippen LogP contribution in [0.2, 0.25) is 5.02 Å². The topological polar surface area (TPSA) is 117 Å². The molecule has 1 saturated heterocycles. The summed E-state index contributed by atoms with van der Waals surface area (Å²) in [7, 11) is 0. The van der Waals surface area contributed by atoms with E-state index in [0.717, 1.165) is 24.3 Å². The molecule has 0 unspecified atom stereocenters. The zero-order chi connectivity index (χ0) is 18.9. The quantitative estimate of drug-likeness (QED) is 0.310. The molecule has 26 heavy (non-hydrogen) atoms. The highest BCUT2D eigenvalue weighted by Crippen LogP contribution is 2.33. The highest BCUT2D eigenvalue weighted by molar-refractivity contribution is 7.80. The summed E-state index contributed by atoms with van der Waals surface area (Å²) in [4.78, 5) is 35.2. The summed E-state index contributed by atoms with van der Waals surface area (Å²) >= 11 is 11.1. The number of thiocarbonyl (C=S) groups is 1. The molecular formula is C15H16ClN5O4S. The van der Waals surface area contributed by atoms with Crippen molar-refractivity contribution in [1.82, 2.24) is 15.8 Å². The molecule has 11 heteroatoms. The number of carbonyl (C=O) groups is 2. The second kappa shape index (κ2) is 7.04. The number of amides is 3. The van der Waals surface area contributed by atoms with E-state index in [1.165, 1.54) is 18.2 Å². The van der Waals surface area contributed by atoms with E-state index in [-0.39, 0.29) is 27.4 Å². The molecule has 1 aliphatic heterocycles. The predicted molar refractivity (Wildman–Crippen MR) is 98.7 cm³/mol. The molecule has 1 heterocycles. The van der Waals surface area contributed by atoms with Gasteiger partial charge in [0, 0.05) is 12.1 Å². The van der Waals surface area contributed by atoms with Crippen LogP contribution in [0.25, 0.3) is 0 Å². The molecular weight excluding hydrogens is 382 g/mol. The smallest absolute Gasteiger partial charge is 0.330 e. The van der Waals surface area contributed by atoms with Crippen LogP contribution in [0.1, 0.15) is 32.1 Å². The second-order valence-corrected chi connectivity index (χ2v) is 7.02. The van der Waals surface area contributed by atoms with Gasteiger partial charge in [-0.05, 0) is 31.1 Å². The van der Waals surface area contributed by atoms with Gasteiger partial charge in [-0.25, -0.2) is 4.79 Å². The summed E-state index contributed by atoms with van der Waals surface area (Å²) in [6, 6.07) is 3.25. The van der Waals surface area contributed by atoms with Gasteiger partial charge in [0.1, 0.15) is 5.54 Å². The third-order valence-corrected chi connectivity index (χ3v) is 5.01. The fraction of sp³-hybridized carbons (Fsp3) is 0.400. The van der Waals surface area contributed by atoms with Gasteiger partial charge >= 0.3 is 6.03 Å². The van der Waals surface area contributed by atoms with Crippen LogP contribution < -0.4 is 16.1 Å². The molecule has 9 nitrogen and oxygen atoms in total. The first-order chi connectivity index (χ1) is 12.3. The Balaban J connectivity index is 1.70. The molecule has 2 aliphatic rings. The largest absolute Gasteiger partial charge is 0.344 e. The number of rotatable bonds is 3. The maximum Gasteiger partial charge on any atom is 0.344 e. The number of nitro benzene ring substituents is 1. The van der Waals surface area contributed by atoms with E-state index in [1.807, 2.05) is 0 Å². The Morgan fingerprint density at radius 1 is 1.31 bits per heavy atom. The van der Waals surface area contributed by atoms with Gasteiger partial charge in [-0.1, -0.05) is 30.9 Å². The van der Waals surface area contributed by atoms with Crippen molar-refractivity contribution < 1.29 is 14.5 Å². The lowest BCUT2D eigenvalue weighted by Gasteiger charge is -2.30. The molecule has 0 radical (unpaired) electrons. The Bertz CT molecular complexity index is 796. The lowest BCUT2D eigenvalue weighted by molar-refractivity contribution is -0.384. The number of hydrogen-bond donors (Lipinski definition) is 3. The fourth-order valence-electron chi connectivity index (χ4n) is 3.19. The number of carbonyl (C=O) groups excluding carboxylic acids is 2. The number of imide groups is 1. The molecule has 1 saturated carbocycles. The third kappa shape index (κ3) is 3.42. The Hall–Kier alpha value is -2.46. The number of hydrazine groups is 1. The van der Waals surface area contributed by atoms with E-state index in [2.05, 4.69) is 16.1 Å². The Kier molecular flexibility index (Phi) is 4.97. The zero-order valence-corrected chi connectivity index (χ0v) is 15.2. The molecule has 3 rings (SSSR count). The van der Waals surface area contributed by atoms with Crippen LogP contribution in [0, 0.1) is 10.1 Å². The van der Waals surface area contributed by atoms with Crippen LogP contribution in [-0.4, -0.2) is 32.5 Å². The second-order valence-electron chi connectivity index (χ2n) is 6.20. The van der Waals surface area contributed by atoms with E-state index in [9.17, 15) is 19.7 Å². The molecule has 0 atom stereocenters. The van der Waals surface area contributed by atoms with Gasteiger partial charge in [-0.15, -0.1) is 0 Å². The van der Waals surface area contributed by atoms with Gasteiger partial charge in [-0.2, -0.15) is 5.01 Å². The van der Waals surface area contributed by atoms with Crippen LogP contribution in [0.5, 0.6) is 0 Å². The molecule has 2 fully saturated rings. The molecule has 0 bridgehead atoms. The maximum absolute atomic E-state index is 12.7. The van der Waals surface area contributed by atoms with Crippen molar-refractivity contribution in [3.63, 3.8) is 0 Å². The van der Waals surface area contributed by atoms with E-state index in [0.29, 0.717) is 12.8 Å². The lowest BCUT2D eigenvalue weighted by Crippen LogP contribution is -2.51. The summed E-state index contributed by atoms with van der Waals surface area (Å²) < 4.78 is 0. The monoisotopic (exact) mass is 397 g/mol. The predicted octanol–water partition coefficient (Wildman–Crippen LogP) is 2.70. The van der Waals surface area contributed by atoms with Crippen molar-refractivity contribution in [3.8, 4) is 0 Å². The van der Waals surface area contributed by atoms with Crippen molar-refractivity contribution in [2.75, 3.05) is 5.32 Å². The van der Waals surface area contributed by atoms with Gasteiger partial charge in [0.2, 0.25) is 0 Å². The summed E-state index contributed by atoms with van der Waals surface area (Å²) in [5.41, 5.74) is 1.69. The molecule has 3 N–H and O–H groups in total. The zero-order valence-electron chi connectivity index (χ0n) is 13.6. The minimum Gasteiger partial charge on any atom is -0.330 e. The van der Waals surface area contributed by atoms with Crippen LogP contribution in [0.15, 0.2) is 18.2 Å². The summed E-state index contributed by atoms with van der Waals surface area (Å²) in [5, 5.41) is 17.3. The average Bonchev–Trinajstić information content (AvgIpc) is 2.81. The van der Waals surface area contributed by atoms with Gasteiger partial charge in [-0.3, -0.25) is 20.3 Å². The number of urea groups is 1. The number of hydrogen-bond acceptors (Lipinski definition) is 5. The van der Waals surface area contributed by atoms with Crippen LogP contribution >= 0.6 is 23.8 Å². The van der Waals surface area contributed by atoms with Crippen LogP contribution in [-0.2, 0) is 4.79 Å². The first kappa shape index (κ1) is 18.3. The first-order valence-electron chi connectivity index (χ1n) is 8.01. The number of non-ortho nitro benzene ring substituents is 1. The van der Waals surface area contributed by atoms with Crippen LogP contribution in [0.4, 0.5) is 16.2 Å². The Morgan fingerprint density at radius 3 is 2.65 bits per heavy atom. The molecule has 1 spiro atoms. The van der Waals surface area contributed by atoms with E-state index in [1.54, 1.807) is 0 Å². The van der Waals surface area contributed by atoms with E-state index in [4.69, 9.17) is 23.8 Å². The average molecular weight is 398 g/mol. The Morgan fingerprint density at radius 2 is 2.00 bits per heavy atom. The lowest BCUT2D eigenvalue weighted by atomic mass is 9.82. The molecule has 1 aliphatic carbocycles. The van der Waals surface area contributed by atoms with Crippen molar-refractivity contribution >= 4 is 52.2 Å². The fourth-order valence-corrected chi connectivity index (χ4v) is 3.56. The number of nitro groups is 1. The van der Waals surface area contributed by atoms with Gasteiger partial charge in [0.25, 0.3) is 11.6 Å². The van der Waals surface area contributed by atoms with Crippen LogP contribution in [0.3, 0.4) is 0 Å². The standard InChI is InChI=1S/C15H16ClN5O4S/c16-10-5-4-9(21(24)25)8-11(10)17-13(26)19-20-12(22)15(18-14(20)23)6-2-1-3-7-15/h4-5,8H,1-3,6-7H2,(H,18,23)(H2,17,19,26). The van der Waals surface area contributed by atoms with Gasteiger partial charge < -0.3 is 10.6 Å². The van der Waals surface area contributed by atoms with Crippen molar-refractivity contribution in [2.45, 2.75) is 37.6 Å². The molecule has 138 valence electrons. The van der Waals surface area contributed by atoms with E-state index < -0.39 is 16.5 Å². The minimum atomic E-state index is -0.874. The highest BCUT2D eigenvalue weighted by Gasteiger charge is 2.51. The van der Waals surface area contributed by atoms with Gasteiger partial charge in [0.15, 0.2) is 5.11 Å². The van der Waals surface area contributed by atoms with E-state index >= 15 is 0 Å². The summed E-state index contributed by atoms with van der Waals surface area (Å²) in [5.74, 6) is -0.378. The summed E-state index contributed by atoms with van der Waals surface area (Å²) in [6.45, 7) is 0. The number of benzene rings is 1. The Labute approximate surface area is 159 Å². The van der Waals surface area contributed by atoms with Gasteiger partial charge in [0.05, 0.1) is 15.6 Å². The minimum absolute atomic E-state index is 0.0799. The number of anilines is 1. The summed E-state index contributed by atoms with van der Waals surface area (Å²) in [6.07, 6.45) is 3.95. The number of nitrogens with one attached hydrogen (secondary N) is 3. The first-order valence-corrected chi connectivity index (χ1v) is 8.79. The van der Waals surface area contributed by atoms with Crippen molar-refractivity contribution in [3.05, 3.63) is 33.3 Å². The molecule has 3 amide bonds. The van der Waals surface area contributed by atoms with Crippen molar-refractivity contribution in [1.29, 1.82) is 0 Å². The normalized spacial score (nSPS) is 18.6. The number of nitrogens with zero attached hydrogens (tertiary/aromatic N) is 2. The maximum atomic E-state index is 12.7.